The molecule has 1 aliphatic heterocycles. The van der Waals surface area contributed by atoms with Gasteiger partial charge in [-0.05, 0) is 25.8 Å². The molecule has 3 aromatic rings. The summed E-state index contributed by atoms with van der Waals surface area (Å²) in [4.78, 5) is 27.9. The third-order valence-corrected chi connectivity index (χ3v) is 5.12. The molecule has 0 aromatic carbocycles. The van der Waals surface area contributed by atoms with Crippen LogP contribution < -0.4 is 0 Å². The average molecular weight is 356 g/mol. The summed E-state index contributed by atoms with van der Waals surface area (Å²) in [6, 6.07) is 2.24. The number of carbonyl (C=O) groups is 1. The standard InChI is InChI=1S/C18H24N6O2/c1-11(25)17-21-14-10-20-16-13(4-7-19-16)15(14)24(17)12-5-8-23(9-6-12)18(26)22(2)3/h4,7,10-12,25H,5-6,8-9H2,1-3H3,(H,19,20). The van der Waals surface area contributed by atoms with E-state index in [0.717, 1.165) is 34.9 Å². The van der Waals surface area contributed by atoms with Crippen LogP contribution in [0.4, 0.5) is 4.79 Å². The van der Waals surface area contributed by atoms with Gasteiger partial charge in [-0.1, -0.05) is 0 Å². The number of imidazole rings is 1. The van der Waals surface area contributed by atoms with Crippen LogP contribution in [0.2, 0.25) is 0 Å². The number of urea groups is 1. The number of aromatic nitrogens is 4. The van der Waals surface area contributed by atoms with Crippen molar-refractivity contribution in [3.63, 3.8) is 0 Å². The molecule has 4 rings (SSSR count). The van der Waals surface area contributed by atoms with E-state index in [9.17, 15) is 9.90 Å². The zero-order valence-corrected chi connectivity index (χ0v) is 15.3. The van der Waals surface area contributed by atoms with Crippen molar-refractivity contribution in [2.45, 2.75) is 31.9 Å². The number of aromatic amines is 1. The molecule has 0 saturated carbocycles. The summed E-state index contributed by atoms with van der Waals surface area (Å²) >= 11 is 0. The van der Waals surface area contributed by atoms with E-state index >= 15 is 0 Å². The molecule has 8 heteroatoms. The molecule has 8 nitrogen and oxygen atoms in total. The Hall–Kier alpha value is -2.61. The maximum Gasteiger partial charge on any atom is 0.319 e. The van der Waals surface area contributed by atoms with Crippen molar-refractivity contribution in [1.82, 2.24) is 29.3 Å². The Kier molecular flexibility index (Phi) is 4.07. The van der Waals surface area contributed by atoms with E-state index in [2.05, 4.69) is 19.5 Å². The van der Waals surface area contributed by atoms with Crippen LogP contribution in [0, 0.1) is 0 Å². The first-order valence-corrected chi connectivity index (χ1v) is 8.95. The summed E-state index contributed by atoms with van der Waals surface area (Å²) in [6.45, 7) is 3.13. The number of amides is 2. The summed E-state index contributed by atoms with van der Waals surface area (Å²) < 4.78 is 2.16. The van der Waals surface area contributed by atoms with Gasteiger partial charge in [-0.3, -0.25) is 0 Å². The Morgan fingerprint density at radius 1 is 1.38 bits per heavy atom. The second-order valence-electron chi connectivity index (χ2n) is 7.14. The van der Waals surface area contributed by atoms with Crippen LogP contribution in [0.5, 0.6) is 0 Å². The zero-order chi connectivity index (χ0) is 18.4. The summed E-state index contributed by atoms with van der Waals surface area (Å²) in [5.41, 5.74) is 2.61. The molecule has 4 heterocycles. The minimum absolute atomic E-state index is 0.0481. The van der Waals surface area contributed by atoms with Gasteiger partial charge in [0, 0.05) is 44.8 Å². The molecule has 0 bridgehead atoms. The quantitative estimate of drug-likeness (QED) is 0.737. The number of hydrogen-bond donors (Lipinski definition) is 2. The van der Waals surface area contributed by atoms with Gasteiger partial charge in [0.25, 0.3) is 0 Å². The van der Waals surface area contributed by atoms with Gasteiger partial charge in [-0.2, -0.15) is 0 Å². The van der Waals surface area contributed by atoms with Crippen molar-refractivity contribution in [1.29, 1.82) is 0 Å². The van der Waals surface area contributed by atoms with Crippen molar-refractivity contribution < 1.29 is 9.90 Å². The highest BCUT2D eigenvalue weighted by atomic mass is 16.3. The van der Waals surface area contributed by atoms with Crippen molar-refractivity contribution in [2.75, 3.05) is 27.2 Å². The number of piperidine rings is 1. The zero-order valence-electron chi connectivity index (χ0n) is 15.3. The van der Waals surface area contributed by atoms with Crippen molar-refractivity contribution in [3.8, 4) is 0 Å². The number of nitrogens with zero attached hydrogens (tertiary/aromatic N) is 5. The van der Waals surface area contributed by atoms with Gasteiger partial charge in [-0.25, -0.2) is 14.8 Å². The number of pyridine rings is 1. The van der Waals surface area contributed by atoms with Gasteiger partial charge in [0.1, 0.15) is 23.1 Å². The number of hydrogen-bond acceptors (Lipinski definition) is 4. The Balaban J connectivity index is 1.75. The van der Waals surface area contributed by atoms with E-state index in [4.69, 9.17) is 0 Å². The van der Waals surface area contributed by atoms with Crippen LogP contribution in [0.25, 0.3) is 22.1 Å². The normalized spacial score (nSPS) is 17.2. The number of fused-ring (bicyclic) bond motifs is 3. The number of rotatable bonds is 2. The largest absolute Gasteiger partial charge is 0.385 e. The molecule has 138 valence electrons. The number of aliphatic hydroxyl groups excluding tert-OH is 1. The summed E-state index contributed by atoms with van der Waals surface area (Å²) in [7, 11) is 3.55. The molecule has 1 saturated heterocycles. The van der Waals surface area contributed by atoms with Crippen molar-refractivity contribution in [2.24, 2.45) is 0 Å². The van der Waals surface area contributed by atoms with Crippen LogP contribution >= 0.6 is 0 Å². The lowest BCUT2D eigenvalue weighted by molar-refractivity contribution is 0.143. The molecule has 0 aliphatic carbocycles. The number of carbonyl (C=O) groups excluding carboxylic acids is 1. The van der Waals surface area contributed by atoms with Gasteiger partial charge in [0.2, 0.25) is 0 Å². The molecule has 2 N–H and O–H groups in total. The maximum absolute atomic E-state index is 12.2. The van der Waals surface area contributed by atoms with Crippen LogP contribution in [0.1, 0.15) is 37.7 Å². The van der Waals surface area contributed by atoms with E-state index in [1.165, 1.54) is 0 Å². The first-order valence-electron chi connectivity index (χ1n) is 8.95. The molecule has 0 radical (unpaired) electrons. The van der Waals surface area contributed by atoms with Crippen LogP contribution in [-0.2, 0) is 0 Å². The topological polar surface area (TPSA) is 90.3 Å². The van der Waals surface area contributed by atoms with E-state index < -0.39 is 6.10 Å². The number of nitrogens with one attached hydrogen (secondary N) is 1. The average Bonchev–Trinajstić information content (AvgIpc) is 3.24. The SMILES string of the molecule is CC(O)c1nc2cnc3[nH]ccc3c2n1C1CCN(C(=O)N(C)C)CC1. The van der Waals surface area contributed by atoms with Crippen LogP contribution in [-0.4, -0.2) is 67.6 Å². The lowest BCUT2D eigenvalue weighted by Gasteiger charge is -2.35. The van der Waals surface area contributed by atoms with Gasteiger partial charge >= 0.3 is 6.03 Å². The second kappa shape index (κ2) is 6.28. The molecule has 0 spiro atoms. The van der Waals surface area contributed by atoms with Gasteiger partial charge in [0.05, 0.1) is 11.7 Å². The minimum Gasteiger partial charge on any atom is -0.385 e. The fourth-order valence-electron chi connectivity index (χ4n) is 3.87. The van der Waals surface area contributed by atoms with Gasteiger partial charge in [-0.15, -0.1) is 0 Å². The van der Waals surface area contributed by atoms with Crippen LogP contribution in [0.3, 0.4) is 0 Å². The van der Waals surface area contributed by atoms with Crippen molar-refractivity contribution >= 4 is 28.1 Å². The molecule has 1 fully saturated rings. The second-order valence-corrected chi connectivity index (χ2v) is 7.14. The Morgan fingerprint density at radius 3 is 2.77 bits per heavy atom. The highest BCUT2D eigenvalue weighted by Crippen LogP contribution is 2.34. The van der Waals surface area contributed by atoms with E-state index in [1.807, 2.05) is 17.2 Å². The van der Waals surface area contributed by atoms with Crippen LogP contribution in [0.15, 0.2) is 18.5 Å². The summed E-state index contributed by atoms with van der Waals surface area (Å²) in [6.07, 6.45) is 4.62. The van der Waals surface area contributed by atoms with Gasteiger partial charge in [0.15, 0.2) is 0 Å². The predicted molar refractivity (Wildman–Crippen MR) is 98.9 cm³/mol. The fraction of sp³-hybridized carbons (Fsp3) is 0.500. The maximum atomic E-state index is 12.2. The monoisotopic (exact) mass is 356 g/mol. The molecule has 1 atom stereocenters. The fourth-order valence-corrected chi connectivity index (χ4v) is 3.87. The molecule has 1 unspecified atom stereocenters. The highest BCUT2D eigenvalue weighted by molar-refractivity contribution is 6.01. The molecule has 26 heavy (non-hydrogen) atoms. The Labute approximate surface area is 151 Å². The molecule has 1 aliphatic rings. The number of aliphatic hydroxyl groups is 1. The Bertz CT molecular complexity index is 949. The Morgan fingerprint density at radius 2 is 2.12 bits per heavy atom. The lowest BCUT2D eigenvalue weighted by Crippen LogP contribution is -2.44. The van der Waals surface area contributed by atoms with E-state index in [0.29, 0.717) is 18.9 Å². The predicted octanol–water partition coefficient (Wildman–Crippen LogP) is 2.28. The highest BCUT2D eigenvalue weighted by Gasteiger charge is 2.29. The molecular formula is C18H24N6O2. The summed E-state index contributed by atoms with van der Waals surface area (Å²) in [5, 5.41) is 11.3. The summed E-state index contributed by atoms with van der Waals surface area (Å²) in [5.74, 6) is 0.660. The third kappa shape index (κ3) is 2.61. The third-order valence-electron chi connectivity index (χ3n) is 5.12. The van der Waals surface area contributed by atoms with E-state index in [-0.39, 0.29) is 12.1 Å². The smallest absolute Gasteiger partial charge is 0.319 e. The minimum atomic E-state index is -0.669. The van der Waals surface area contributed by atoms with E-state index in [1.54, 1.807) is 32.1 Å². The first-order chi connectivity index (χ1) is 12.5. The number of H-pyrrole nitrogens is 1. The van der Waals surface area contributed by atoms with Gasteiger partial charge < -0.3 is 24.5 Å². The molecule has 3 aromatic heterocycles. The first kappa shape index (κ1) is 16.8. The number of likely N-dealkylation sites (tertiary alicyclic amines) is 1. The molecule has 2 amide bonds. The molecular weight excluding hydrogens is 332 g/mol. The van der Waals surface area contributed by atoms with Crippen molar-refractivity contribution in [3.05, 3.63) is 24.3 Å². The lowest BCUT2D eigenvalue weighted by atomic mass is 10.0.